The second-order valence-electron chi connectivity index (χ2n) is 5.87. The number of nitrogens with zero attached hydrogens (tertiary/aromatic N) is 1. The summed E-state index contributed by atoms with van der Waals surface area (Å²) < 4.78 is 0. The van der Waals surface area contributed by atoms with E-state index in [9.17, 15) is 9.59 Å². The summed E-state index contributed by atoms with van der Waals surface area (Å²) in [6.07, 6.45) is 3.87. The van der Waals surface area contributed by atoms with Gasteiger partial charge in [-0.25, -0.2) is 0 Å². The standard InChI is InChI=1S/C20H20N2O2S/c1-3-4-5-10-19(23)21-14-11-12-18-16(13-14)22(2)20(24)15-8-6-7-9-17(15)25-18/h3,6-9,11-13H,1,4-5,10H2,2H3,(H,21,23). The van der Waals surface area contributed by atoms with Crippen LogP contribution >= 0.6 is 11.8 Å². The summed E-state index contributed by atoms with van der Waals surface area (Å²) in [5, 5.41) is 2.91. The third-order valence-electron chi connectivity index (χ3n) is 4.06. The number of benzene rings is 2. The predicted molar refractivity (Wildman–Crippen MR) is 102 cm³/mol. The van der Waals surface area contributed by atoms with Gasteiger partial charge in [0.1, 0.15) is 0 Å². The fourth-order valence-electron chi connectivity index (χ4n) is 2.71. The van der Waals surface area contributed by atoms with E-state index >= 15 is 0 Å². The Morgan fingerprint density at radius 3 is 2.84 bits per heavy atom. The fourth-order valence-corrected chi connectivity index (χ4v) is 3.80. The molecule has 0 fully saturated rings. The van der Waals surface area contributed by atoms with E-state index in [1.807, 2.05) is 48.5 Å². The van der Waals surface area contributed by atoms with Crippen molar-refractivity contribution in [2.75, 3.05) is 17.3 Å². The molecule has 0 atom stereocenters. The fraction of sp³-hybridized carbons (Fsp3) is 0.200. The zero-order valence-electron chi connectivity index (χ0n) is 14.1. The van der Waals surface area contributed by atoms with E-state index in [0.29, 0.717) is 17.7 Å². The van der Waals surface area contributed by atoms with Gasteiger partial charge in [0.2, 0.25) is 5.91 Å². The third-order valence-corrected chi connectivity index (χ3v) is 5.20. The molecule has 0 bridgehead atoms. The number of fused-ring (bicyclic) bond motifs is 2. The Morgan fingerprint density at radius 1 is 1.24 bits per heavy atom. The SMILES string of the molecule is C=CCCCC(=O)Nc1ccc2c(c1)N(C)C(=O)c1ccccc1S2. The lowest BCUT2D eigenvalue weighted by molar-refractivity contribution is -0.116. The molecule has 4 nitrogen and oxygen atoms in total. The quantitative estimate of drug-likeness (QED) is 0.625. The monoisotopic (exact) mass is 352 g/mol. The van der Waals surface area contributed by atoms with Gasteiger partial charge in [-0.1, -0.05) is 30.0 Å². The molecule has 2 aromatic rings. The minimum absolute atomic E-state index is 0.0275. The van der Waals surface area contributed by atoms with Gasteiger partial charge in [0.15, 0.2) is 0 Å². The van der Waals surface area contributed by atoms with Crippen LogP contribution in [0.2, 0.25) is 0 Å². The average molecular weight is 352 g/mol. The lowest BCUT2D eigenvalue weighted by atomic mass is 10.2. The van der Waals surface area contributed by atoms with Gasteiger partial charge in [0.05, 0.1) is 11.3 Å². The molecule has 0 aromatic heterocycles. The first-order chi connectivity index (χ1) is 12.1. The minimum Gasteiger partial charge on any atom is -0.326 e. The van der Waals surface area contributed by atoms with Crippen molar-refractivity contribution in [1.29, 1.82) is 0 Å². The Hall–Kier alpha value is -2.53. The van der Waals surface area contributed by atoms with Crippen LogP contribution in [0.15, 0.2) is 64.9 Å². The highest BCUT2D eigenvalue weighted by atomic mass is 32.2. The van der Waals surface area contributed by atoms with Crippen LogP contribution in [0.25, 0.3) is 0 Å². The van der Waals surface area contributed by atoms with Gasteiger partial charge >= 0.3 is 0 Å². The molecule has 0 saturated heterocycles. The number of amides is 2. The maximum absolute atomic E-state index is 12.7. The number of carbonyl (C=O) groups excluding carboxylic acids is 2. The normalized spacial score (nSPS) is 12.8. The molecular formula is C20H20N2O2S. The van der Waals surface area contributed by atoms with Crippen molar-refractivity contribution in [2.45, 2.75) is 29.1 Å². The lowest BCUT2D eigenvalue weighted by Gasteiger charge is -2.18. The minimum atomic E-state index is -0.0451. The molecule has 0 radical (unpaired) electrons. The molecule has 3 rings (SSSR count). The number of carbonyl (C=O) groups is 2. The van der Waals surface area contributed by atoms with E-state index in [1.165, 1.54) is 0 Å². The molecule has 1 N–H and O–H groups in total. The van der Waals surface area contributed by atoms with Crippen molar-refractivity contribution in [2.24, 2.45) is 0 Å². The van der Waals surface area contributed by atoms with E-state index in [1.54, 1.807) is 23.7 Å². The summed E-state index contributed by atoms with van der Waals surface area (Å²) in [5.41, 5.74) is 2.20. The lowest BCUT2D eigenvalue weighted by Crippen LogP contribution is -2.26. The molecule has 5 heteroatoms. The van der Waals surface area contributed by atoms with E-state index in [-0.39, 0.29) is 11.8 Å². The van der Waals surface area contributed by atoms with Crippen molar-refractivity contribution in [1.82, 2.24) is 0 Å². The van der Waals surface area contributed by atoms with Crippen LogP contribution in [0.4, 0.5) is 11.4 Å². The Balaban J connectivity index is 1.84. The van der Waals surface area contributed by atoms with E-state index in [2.05, 4.69) is 11.9 Å². The Kier molecular flexibility index (Phi) is 5.24. The van der Waals surface area contributed by atoms with Gasteiger partial charge in [-0.05, 0) is 43.2 Å². The van der Waals surface area contributed by atoms with Crippen molar-refractivity contribution in [3.63, 3.8) is 0 Å². The van der Waals surface area contributed by atoms with Crippen LogP contribution in [0.3, 0.4) is 0 Å². The van der Waals surface area contributed by atoms with Crippen LogP contribution in [-0.2, 0) is 4.79 Å². The molecule has 1 heterocycles. The molecule has 128 valence electrons. The molecule has 2 aromatic carbocycles. The molecule has 1 aliphatic heterocycles. The number of allylic oxidation sites excluding steroid dienone is 1. The average Bonchev–Trinajstić information content (AvgIpc) is 2.71. The van der Waals surface area contributed by atoms with Crippen LogP contribution in [0.5, 0.6) is 0 Å². The van der Waals surface area contributed by atoms with E-state index < -0.39 is 0 Å². The van der Waals surface area contributed by atoms with Crippen molar-refractivity contribution < 1.29 is 9.59 Å². The number of nitrogens with one attached hydrogen (secondary N) is 1. The highest BCUT2D eigenvalue weighted by Gasteiger charge is 2.24. The van der Waals surface area contributed by atoms with E-state index in [4.69, 9.17) is 0 Å². The van der Waals surface area contributed by atoms with Gasteiger partial charge in [-0.2, -0.15) is 0 Å². The van der Waals surface area contributed by atoms with Gasteiger partial charge in [-0.15, -0.1) is 6.58 Å². The summed E-state index contributed by atoms with van der Waals surface area (Å²) in [4.78, 5) is 28.3. The molecule has 0 spiro atoms. The first kappa shape index (κ1) is 17.3. The van der Waals surface area contributed by atoms with Crippen molar-refractivity contribution >= 4 is 35.0 Å². The molecule has 0 unspecified atom stereocenters. The van der Waals surface area contributed by atoms with Crippen LogP contribution in [0, 0.1) is 0 Å². The number of unbranched alkanes of at least 4 members (excludes halogenated alkanes) is 1. The highest BCUT2D eigenvalue weighted by molar-refractivity contribution is 7.99. The molecule has 0 aliphatic carbocycles. The maximum Gasteiger partial charge on any atom is 0.259 e. The second kappa shape index (κ2) is 7.57. The molecule has 0 saturated carbocycles. The largest absolute Gasteiger partial charge is 0.326 e. The highest BCUT2D eigenvalue weighted by Crippen LogP contribution is 2.41. The zero-order chi connectivity index (χ0) is 17.8. The number of anilines is 2. The van der Waals surface area contributed by atoms with Gasteiger partial charge in [0.25, 0.3) is 5.91 Å². The second-order valence-corrected chi connectivity index (χ2v) is 6.96. The van der Waals surface area contributed by atoms with Gasteiger partial charge in [-0.3, -0.25) is 9.59 Å². The van der Waals surface area contributed by atoms with Crippen molar-refractivity contribution in [3.05, 3.63) is 60.7 Å². The Labute approximate surface area is 151 Å². The van der Waals surface area contributed by atoms with Gasteiger partial charge in [0, 0.05) is 28.9 Å². The molecule has 2 amide bonds. The molecular weight excluding hydrogens is 332 g/mol. The first-order valence-corrected chi connectivity index (χ1v) is 9.01. The summed E-state index contributed by atoms with van der Waals surface area (Å²) in [6.45, 7) is 3.66. The maximum atomic E-state index is 12.7. The first-order valence-electron chi connectivity index (χ1n) is 8.20. The number of hydrogen-bond donors (Lipinski definition) is 1. The van der Waals surface area contributed by atoms with E-state index in [0.717, 1.165) is 28.3 Å². The summed E-state index contributed by atoms with van der Waals surface area (Å²) in [5.74, 6) is -0.0725. The molecule has 1 aliphatic rings. The summed E-state index contributed by atoms with van der Waals surface area (Å²) >= 11 is 1.57. The van der Waals surface area contributed by atoms with Crippen LogP contribution in [-0.4, -0.2) is 18.9 Å². The summed E-state index contributed by atoms with van der Waals surface area (Å²) in [7, 11) is 1.76. The van der Waals surface area contributed by atoms with Crippen LogP contribution in [0.1, 0.15) is 29.6 Å². The van der Waals surface area contributed by atoms with Gasteiger partial charge < -0.3 is 10.2 Å². The molecule has 25 heavy (non-hydrogen) atoms. The number of hydrogen-bond acceptors (Lipinski definition) is 3. The smallest absolute Gasteiger partial charge is 0.259 e. The Morgan fingerprint density at radius 2 is 2.04 bits per heavy atom. The van der Waals surface area contributed by atoms with Crippen LogP contribution < -0.4 is 10.2 Å². The predicted octanol–water partition coefficient (Wildman–Crippen LogP) is 4.72. The summed E-state index contributed by atoms with van der Waals surface area (Å²) in [6, 6.07) is 13.3. The topological polar surface area (TPSA) is 49.4 Å². The zero-order valence-corrected chi connectivity index (χ0v) is 14.9. The Bertz CT molecular complexity index is 832. The third kappa shape index (κ3) is 3.77. The number of rotatable bonds is 5. The van der Waals surface area contributed by atoms with Crippen molar-refractivity contribution in [3.8, 4) is 0 Å².